The van der Waals surface area contributed by atoms with Crippen LogP contribution in [-0.4, -0.2) is 55.8 Å². The van der Waals surface area contributed by atoms with E-state index in [0.717, 1.165) is 59.9 Å². The number of piperidine rings is 1. The number of fused-ring (bicyclic) bond motifs is 1. The molecule has 0 radical (unpaired) electrons. The van der Waals surface area contributed by atoms with Crippen LogP contribution in [0.4, 0.5) is 5.82 Å². The minimum Gasteiger partial charge on any atom is -0.357 e. The minimum atomic E-state index is -3.20. The molecule has 34 heavy (non-hydrogen) atoms. The number of aromatic nitrogens is 4. The number of benzene rings is 1. The number of pyridine rings is 2. The molecule has 1 aliphatic rings. The van der Waals surface area contributed by atoms with Gasteiger partial charge in [0.25, 0.3) is 0 Å². The monoisotopic (exact) mass is 608 g/mol. The Labute approximate surface area is 217 Å². The lowest BCUT2D eigenvalue weighted by Crippen LogP contribution is -2.43. The first-order chi connectivity index (χ1) is 16.3. The van der Waals surface area contributed by atoms with Crippen molar-refractivity contribution in [2.24, 2.45) is 0 Å². The van der Waals surface area contributed by atoms with Gasteiger partial charge in [-0.25, -0.2) is 18.4 Å². The normalized spacial score (nSPS) is 15.4. The van der Waals surface area contributed by atoms with Crippen molar-refractivity contribution in [2.45, 2.75) is 18.9 Å². The zero-order valence-corrected chi connectivity index (χ0v) is 22.1. The van der Waals surface area contributed by atoms with Gasteiger partial charge in [-0.15, -0.1) is 2.52 Å². The highest BCUT2D eigenvalue weighted by atomic mass is 127. The summed E-state index contributed by atoms with van der Waals surface area (Å²) in [7, 11) is -3.20. The number of hydrogen-bond donors (Lipinski definition) is 0. The molecule has 1 aliphatic heterocycles. The minimum absolute atomic E-state index is 0.0130. The summed E-state index contributed by atoms with van der Waals surface area (Å²) in [5.74, 6) is 1.65. The molecular formula is C23H22ClIN6O2S. The van der Waals surface area contributed by atoms with E-state index in [0.29, 0.717) is 5.02 Å². The molecule has 3 aromatic heterocycles. The fraction of sp³-hybridized carbons (Fsp3) is 0.261. The molecule has 0 N–H and O–H groups in total. The van der Waals surface area contributed by atoms with Crippen molar-refractivity contribution < 1.29 is 8.42 Å². The third kappa shape index (κ3) is 4.64. The fourth-order valence-electron chi connectivity index (χ4n) is 4.24. The molecule has 0 atom stereocenters. The summed E-state index contributed by atoms with van der Waals surface area (Å²) in [6.07, 6.45) is 8.15. The highest BCUT2D eigenvalue weighted by molar-refractivity contribution is 14.1. The van der Waals surface area contributed by atoms with Crippen molar-refractivity contribution in [3.63, 3.8) is 0 Å². The first-order valence-electron chi connectivity index (χ1n) is 10.8. The van der Waals surface area contributed by atoms with Crippen molar-refractivity contribution in [3.05, 3.63) is 66.1 Å². The van der Waals surface area contributed by atoms with Crippen LogP contribution in [0.25, 0.3) is 28.1 Å². The van der Waals surface area contributed by atoms with Gasteiger partial charge in [0.15, 0.2) is 0 Å². The summed E-state index contributed by atoms with van der Waals surface area (Å²) in [6, 6.07) is 13.6. The van der Waals surface area contributed by atoms with Gasteiger partial charge in [0.1, 0.15) is 11.6 Å². The van der Waals surface area contributed by atoms with Crippen LogP contribution in [0.5, 0.6) is 0 Å². The largest absolute Gasteiger partial charge is 0.357 e. The van der Waals surface area contributed by atoms with Crippen molar-refractivity contribution in [2.75, 3.05) is 24.2 Å². The summed E-state index contributed by atoms with van der Waals surface area (Å²) in [4.78, 5) is 16.0. The topological polar surface area (TPSA) is 84.2 Å². The van der Waals surface area contributed by atoms with Crippen LogP contribution >= 0.6 is 34.5 Å². The quantitative estimate of drug-likeness (QED) is 0.241. The maximum absolute atomic E-state index is 11.8. The van der Waals surface area contributed by atoms with Crippen molar-refractivity contribution in [1.82, 2.24) is 22.0 Å². The van der Waals surface area contributed by atoms with Gasteiger partial charge in [-0.05, 0) is 55.3 Å². The molecule has 0 spiro atoms. The standard InChI is InChI=1S/C23H22ClIN6O2S/c1-34(32,33)31(25)19-9-12-29(13-10-19)22-7-2-16(14-27-22)23-28-20-8-11-26-15-21(20)30(23)18-5-3-17(24)4-6-18/h2-8,11,14-15,19H,9-10,12-13H2,1H3. The lowest BCUT2D eigenvalue weighted by atomic mass is 10.1. The highest BCUT2D eigenvalue weighted by Gasteiger charge is 2.29. The van der Waals surface area contributed by atoms with E-state index in [1.54, 1.807) is 12.4 Å². The van der Waals surface area contributed by atoms with Crippen molar-refractivity contribution in [1.29, 1.82) is 0 Å². The van der Waals surface area contributed by atoms with E-state index in [1.165, 1.54) is 8.77 Å². The zero-order chi connectivity index (χ0) is 23.9. The van der Waals surface area contributed by atoms with Gasteiger partial charge >= 0.3 is 0 Å². The van der Waals surface area contributed by atoms with Gasteiger partial charge in [0.2, 0.25) is 10.0 Å². The second-order valence-corrected chi connectivity index (χ2v) is 12.2. The van der Waals surface area contributed by atoms with Crippen LogP contribution < -0.4 is 4.90 Å². The summed E-state index contributed by atoms with van der Waals surface area (Å²) < 4.78 is 27.2. The van der Waals surface area contributed by atoms with Gasteiger partial charge in [-0.3, -0.25) is 9.55 Å². The van der Waals surface area contributed by atoms with E-state index >= 15 is 0 Å². The number of hydrogen-bond acceptors (Lipinski definition) is 6. The zero-order valence-electron chi connectivity index (χ0n) is 18.3. The van der Waals surface area contributed by atoms with Crippen molar-refractivity contribution >= 4 is 61.3 Å². The van der Waals surface area contributed by atoms with E-state index < -0.39 is 10.0 Å². The first kappa shape index (κ1) is 23.5. The molecular weight excluding hydrogens is 587 g/mol. The van der Waals surface area contributed by atoms with Crippen molar-refractivity contribution in [3.8, 4) is 17.1 Å². The molecule has 11 heteroatoms. The molecule has 0 aliphatic carbocycles. The summed E-state index contributed by atoms with van der Waals surface area (Å²) in [5, 5.41) is 0.671. The van der Waals surface area contributed by atoms with Crippen LogP contribution in [0.1, 0.15) is 12.8 Å². The number of sulfonamides is 1. The summed E-state index contributed by atoms with van der Waals surface area (Å²) in [5.41, 5.74) is 3.58. The number of anilines is 1. The van der Waals surface area contributed by atoms with E-state index in [1.807, 2.05) is 71.5 Å². The molecule has 0 saturated carbocycles. The Bertz CT molecular complexity index is 1420. The Morgan fingerprint density at radius 3 is 2.44 bits per heavy atom. The molecule has 5 rings (SSSR count). The average molecular weight is 609 g/mol. The Morgan fingerprint density at radius 1 is 1.06 bits per heavy atom. The Kier molecular flexibility index (Phi) is 6.49. The smallest absolute Gasteiger partial charge is 0.219 e. The number of nitrogens with zero attached hydrogens (tertiary/aromatic N) is 6. The van der Waals surface area contributed by atoms with E-state index in [2.05, 4.69) is 14.5 Å². The van der Waals surface area contributed by atoms with Gasteiger partial charge < -0.3 is 4.90 Å². The van der Waals surface area contributed by atoms with Crippen LogP contribution in [-0.2, 0) is 10.0 Å². The maximum atomic E-state index is 11.8. The van der Waals surface area contributed by atoms with Gasteiger partial charge in [-0.2, -0.15) is 0 Å². The van der Waals surface area contributed by atoms with Crippen LogP contribution in [0.3, 0.4) is 0 Å². The van der Waals surface area contributed by atoms with E-state index in [-0.39, 0.29) is 6.04 Å². The summed E-state index contributed by atoms with van der Waals surface area (Å²) in [6.45, 7) is 1.50. The van der Waals surface area contributed by atoms with E-state index in [4.69, 9.17) is 21.6 Å². The fourth-order valence-corrected chi connectivity index (χ4v) is 5.68. The number of imidazole rings is 1. The third-order valence-corrected chi connectivity index (χ3v) is 10.1. The second-order valence-electron chi connectivity index (χ2n) is 8.24. The molecule has 0 bridgehead atoms. The molecule has 1 aromatic carbocycles. The van der Waals surface area contributed by atoms with Gasteiger partial charge in [0, 0.05) is 70.7 Å². The molecule has 0 amide bonds. The second kappa shape index (κ2) is 9.40. The van der Waals surface area contributed by atoms with E-state index in [9.17, 15) is 8.42 Å². The Hall–Kier alpha value is -2.28. The van der Waals surface area contributed by atoms with Crippen LogP contribution in [0.15, 0.2) is 61.1 Å². The molecule has 8 nitrogen and oxygen atoms in total. The van der Waals surface area contributed by atoms with Gasteiger partial charge in [-0.1, -0.05) is 11.6 Å². The molecule has 0 unspecified atom stereocenters. The predicted octanol–water partition coefficient (Wildman–Crippen LogP) is 4.72. The SMILES string of the molecule is CS(=O)(=O)N(I)C1CCN(c2ccc(-c3nc4ccncc4n3-c3ccc(Cl)cc3)cn2)CC1. The number of halogens is 2. The first-order valence-corrected chi connectivity index (χ1v) is 14.0. The predicted molar refractivity (Wildman–Crippen MR) is 143 cm³/mol. The lowest BCUT2D eigenvalue weighted by molar-refractivity contribution is 0.398. The highest BCUT2D eigenvalue weighted by Crippen LogP contribution is 2.30. The molecule has 4 aromatic rings. The molecule has 1 saturated heterocycles. The molecule has 176 valence electrons. The Balaban J connectivity index is 1.42. The van der Waals surface area contributed by atoms with Gasteiger partial charge in [0.05, 0.1) is 23.5 Å². The average Bonchev–Trinajstić information content (AvgIpc) is 3.23. The van der Waals surface area contributed by atoms with Crippen LogP contribution in [0.2, 0.25) is 5.02 Å². The maximum Gasteiger partial charge on any atom is 0.219 e. The third-order valence-electron chi connectivity index (χ3n) is 5.94. The Morgan fingerprint density at radius 2 is 1.79 bits per heavy atom. The molecule has 4 heterocycles. The number of rotatable bonds is 5. The lowest BCUT2D eigenvalue weighted by Gasteiger charge is -2.35. The molecule has 1 fully saturated rings. The summed E-state index contributed by atoms with van der Waals surface area (Å²) >= 11 is 8.01. The van der Waals surface area contributed by atoms with Crippen LogP contribution in [0, 0.1) is 0 Å².